The lowest BCUT2D eigenvalue weighted by atomic mass is 10.8. The summed E-state index contributed by atoms with van der Waals surface area (Å²) in [5.41, 5.74) is 0. The molecule has 1 rings (SSSR count). The van der Waals surface area contributed by atoms with Gasteiger partial charge in [0.1, 0.15) is 5.01 Å². The number of ether oxygens (including phenoxy) is 1. The molecule has 0 saturated heterocycles. The van der Waals surface area contributed by atoms with Crippen molar-refractivity contribution < 1.29 is 4.74 Å². The molecule has 50 valence electrons. The smallest absolute Gasteiger partial charge is 0.209 e. The number of methoxy groups -OCH3 is 1. The van der Waals surface area contributed by atoms with Crippen LogP contribution in [-0.2, 0) is 11.3 Å². The lowest BCUT2D eigenvalue weighted by molar-refractivity contribution is 0.184. The molecule has 5 heteroatoms. The van der Waals surface area contributed by atoms with Crippen molar-refractivity contribution in [2.45, 2.75) is 6.61 Å². The van der Waals surface area contributed by atoms with Crippen molar-refractivity contribution in [3.8, 4) is 0 Å². The van der Waals surface area contributed by atoms with Crippen LogP contribution in [0.3, 0.4) is 0 Å². The fraction of sp³-hybridized carbons (Fsp3) is 0.500. The van der Waals surface area contributed by atoms with E-state index >= 15 is 0 Å². The summed E-state index contributed by atoms with van der Waals surface area (Å²) in [7, 11) is 1.63. The minimum atomic E-state index is 0.545. The van der Waals surface area contributed by atoms with Gasteiger partial charge < -0.3 is 4.74 Å². The first-order chi connectivity index (χ1) is 4.33. The Morgan fingerprint density at radius 2 is 2.56 bits per heavy atom. The Morgan fingerprint density at radius 1 is 1.78 bits per heavy atom. The Balaban J connectivity index is 2.61. The number of rotatable bonds is 2. The van der Waals surface area contributed by atoms with Crippen LogP contribution in [-0.4, -0.2) is 16.5 Å². The summed E-state index contributed by atoms with van der Waals surface area (Å²) >= 11 is 4.48. The molecule has 0 aliphatic rings. The van der Waals surface area contributed by atoms with Gasteiger partial charge in [-0.2, -0.15) is 4.37 Å². The second-order valence-corrected chi connectivity index (χ2v) is 2.94. The molecule has 3 nitrogen and oxygen atoms in total. The highest BCUT2D eigenvalue weighted by Gasteiger charge is 1.97. The zero-order chi connectivity index (χ0) is 6.69. The number of aromatic nitrogens is 2. The summed E-state index contributed by atoms with van der Waals surface area (Å²) in [6.07, 6.45) is 0. The van der Waals surface area contributed by atoms with Gasteiger partial charge in [-0.3, -0.25) is 0 Å². The monoisotopic (exact) mass is 208 g/mol. The number of hydrogen-bond acceptors (Lipinski definition) is 4. The van der Waals surface area contributed by atoms with E-state index in [1.807, 2.05) is 0 Å². The largest absolute Gasteiger partial charge is 0.377 e. The summed E-state index contributed by atoms with van der Waals surface area (Å²) in [5, 5.41) is 0.893. The maximum Gasteiger partial charge on any atom is 0.209 e. The van der Waals surface area contributed by atoms with E-state index in [0.717, 1.165) is 5.01 Å². The highest BCUT2D eigenvalue weighted by atomic mass is 79.9. The summed E-state index contributed by atoms with van der Waals surface area (Å²) in [4.78, 5) is 4.00. The van der Waals surface area contributed by atoms with E-state index in [1.165, 1.54) is 11.5 Å². The molecule has 0 aromatic carbocycles. The van der Waals surface area contributed by atoms with E-state index in [4.69, 9.17) is 4.74 Å². The molecule has 0 atom stereocenters. The molecule has 0 spiro atoms. The van der Waals surface area contributed by atoms with Gasteiger partial charge in [0.05, 0.1) is 6.61 Å². The van der Waals surface area contributed by atoms with Crippen molar-refractivity contribution in [2.75, 3.05) is 7.11 Å². The van der Waals surface area contributed by atoms with Crippen molar-refractivity contribution in [1.82, 2.24) is 9.36 Å². The molecule has 0 aliphatic carbocycles. The third-order valence-electron chi connectivity index (χ3n) is 0.711. The molecule has 0 radical (unpaired) electrons. The van der Waals surface area contributed by atoms with Crippen LogP contribution in [0.15, 0.2) is 4.73 Å². The Bertz CT molecular complexity index is 190. The van der Waals surface area contributed by atoms with E-state index in [1.54, 1.807) is 7.11 Å². The first-order valence-electron chi connectivity index (χ1n) is 2.30. The molecular weight excluding hydrogens is 204 g/mol. The van der Waals surface area contributed by atoms with Crippen LogP contribution < -0.4 is 0 Å². The summed E-state index contributed by atoms with van der Waals surface area (Å²) in [6, 6.07) is 0. The summed E-state index contributed by atoms with van der Waals surface area (Å²) in [6.45, 7) is 0.545. The van der Waals surface area contributed by atoms with Gasteiger partial charge in [-0.05, 0) is 27.5 Å². The molecule has 1 aromatic rings. The minimum Gasteiger partial charge on any atom is -0.377 e. The van der Waals surface area contributed by atoms with Gasteiger partial charge in [-0.1, -0.05) is 0 Å². The SMILES string of the molecule is COCc1nc(Br)ns1. The molecular formula is C4H5BrN2OS. The van der Waals surface area contributed by atoms with Crippen molar-refractivity contribution in [3.05, 3.63) is 9.74 Å². The second-order valence-electron chi connectivity index (χ2n) is 1.39. The van der Waals surface area contributed by atoms with Gasteiger partial charge in [-0.15, -0.1) is 0 Å². The third-order valence-corrected chi connectivity index (χ3v) is 1.98. The highest BCUT2D eigenvalue weighted by molar-refractivity contribution is 9.10. The third kappa shape index (κ3) is 2.00. The quantitative estimate of drug-likeness (QED) is 0.739. The molecule has 0 amide bonds. The maximum absolute atomic E-state index is 4.83. The van der Waals surface area contributed by atoms with Crippen LogP contribution >= 0.6 is 27.5 Å². The van der Waals surface area contributed by atoms with Crippen LogP contribution in [0.2, 0.25) is 0 Å². The average Bonchev–Trinajstić information content (AvgIpc) is 2.17. The van der Waals surface area contributed by atoms with Gasteiger partial charge in [0, 0.05) is 7.11 Å². The van der Waals surface area contributed by atoms with Crippen LogP contribution in [0.5, 0.6) is 0 Å². The average molecular weight is 209 g/mol. The van der Waals surface area contributed by atoms with Crippen LogP contribution in [0.4, 0.5) is 0 Å². The fourth-order valence-electron chi connectivity index (χ4n) is 0.416. The first kappa shape index (κ1) is 7.11. The van der Waals surface area contributed by atoms with Gasteiger partial charge in [-0.25, -0.2) is 4.98 Å². The van der Waals surface area contributed by atoms with Crippen molar-refractivity contribution in [1.29, 1.82) is 0 Å². The second kappa shape index (κ2) is 3.24. The maximum atomic E-state index is 4.83. The van der Waals surface area contributed by atoms with E-state index in [-0.39, 0.29) is 0 Å². The molecule has 0 N–H and O–H groups in total. The van der Waals surface area contributed by atoms with Gasteiger partial charge in [0.25, 0.3) is 0 Å². The molecule has 1 aromatic heterocycles. The standard InChI is InChI=1S/C4H5BrN2OS/c1-8-2-3-6-4(5)7-9-3/h2H2,1H3. The minimum absolute atomic E-state index is 0.545. The number of nitrogens with zero attached hydrogens (tertiary/aromatic N) is 2. The molecule has 9 heavy (non-hydrogen) atoms. The summed E-state index contributed by atoms with van der Waals surface area (Å²) in [5.74, 6) is 0. The fourth-order valence-corrected chi connectivity index (χ4v) is 1.48. The molecule has 0 bridgehead atoms. The van der Waals surface area contributed by atoms with Gasteiger partial charge in [0.2, 0.25) is 4.73 Å². The predicted octanol–water partition coefficient (Wildman–Crippen LogP) is 1.45. The van der Waals surface area contributed by atoms with Gasteiger partial charge in [0.15, 0.2) is 0 Å². The number of halogens is 1. The first-order valence-corrected chi connectivity index (χ1v) is 3.86. The highest BCUT2D eigenvalue weighted by Crippen LogP contribution is 2.09. The Labute approximate surface area is 65.4 Å². The number of hydrogen-bond donors (Lipinski definition) is 0. The van der Waals surface area contributed by atoms with E-state index in [9.17, 15) is 0 Å². The van der Waals surface area contributed by atoms with Gasteiger partial charge >= 0.3 is 0 Å². The molecule has 0 unspecified atom stereocenters. The lowest BCUT2D eigenvalue weighted by Crippen LogP contribution is -1.83. The molecule has 1 heterocycles. The normalized spacial score (nSPS) is 10.0. The Kier molecular flexibility index (Phi) is 2.56. The molecule has 0 saturated carbocycles. The van der Waals surface area contributed by atoms with Crippen molar-refractivity contribution in [2.24, 2.45) is 0 Å². The zero-order valence-corrected chi connectivity index (χ0v) is 7.20. The van der Waals surface area contributed by atoms with Crippen molar-refractivity contribution in [3.63, 3.8) is 0 Å². The predicted molar refractivity (Wildman–Crippen MR) is 38.3 cm³/mol. The van der Waals surface area contributed by atoms with Crippen LogP contribution in [0, 0.1) is 0 Å². The lowest BCUT2D eigenvalue weighted by Gasteiger charge is -1.86. The van der Waals surface area contributed by atoms with Crippen LogP contribution in [0.1, 0.15) is 5.01 Å². The van der Waals surface area contributed by atoms with Crippen LogP contribution in [0.25, 0.3) is 0 Å². The van der Waals surface area contributed by atoms with E-state index in [0.29, 0.717) is 11.3 Å². The Morgan fingerprint density at radius 3 is 3.00 bits per heavy atom. The topological polar surface area (TPSA) is 35.0 Å². The van der Waals surface area contributed by atoms with Crippen molar-refractivity contribution >= 4 is 27.5 Å². The summed E-state index contributed by atoms with van der Waals surface area (Å²) < 4.78 is 9.37. The van der Waals surface area contributed by atoms with E-state index in [2.05, 4.69) is 25.3 Å². The molecule has 0 fully saturated rings. The van der Waals surface area contributed by atoms with E-state index < -0.39 is 0 Å². The molecule has 0 aliphatic heterocycles. The Hall–Kier alpha value is -0.0000000000000000278. The zero-order valence-electron chi connectivity index (χ0n) is 4.80.